The molecule has 0 saturated heterocycles. The molecular formula is C20H17F2N3O2. The highest BCUT2D eigenvalue weighted by atomic mass is 19.3. The van der Waals surface area contributed by atoms with Gasteiger partial charge in [0.15, 0.2) is 0 Å². The minimum atomic E-state index is -2.89. The van der Waals surface area contributed by atoms with E-state index in [2.05, 4.69) is 15.2 Å². The molecule has 0 fully saturated rings. The molecule has 5 nitrogen and oxygen atoms in total. The normalized spacial score (nSPS) is 16.1. The van der Waals surface area contributed by atoms with Gasteiger partial charge in [0.25, 0.3) is 0 Å². The third-order valence-electron chi connectivity index (χ3n) is 4.55. The van der Waals surface area contributed by atoms with Crippen LogP contribution < -0.4 is 10.1 Å². The molecule has 0 spiro atoms. The molecule has 0 radical (unpaired) electrons. The van der Waals surface area contributed by atoms with Gasteiger partial charge in [0.05, 0.1) is 12.7 Å². The van der Waals surface area contributed by atoms with E-state index in [9.17, 15) is 13.6 Å². The van der Waals surface area contributed by atoms with Crippen molar-refractivity contribution in [2.45, 2.75) is 25.5 Å². The summed E-state index contributed by atoms with van der Waals surface area (Å²) in [4.78, 5) is 12.3. The maximum absolute atomic E-state index is 12.5. The topological polar surface area (TPSA) is 56.1 Å². The van der Waals surface area contributed by atoms with Gasteiger partial charge in [-0.1, -0.05) is 42.5 Å². The average molecular weight is 369 g/mol. The Kier molecular flexibility index (Phi) is 4.58. The largest absolute Gasteiger partial charge is 0.435 e. The quantitative estimate of drug-likeness (QED) is 0.739. The van der Waals surface area contributed by atoms with E-state index in [-0.39, 0.29) is 24.0 Å². The van der Waals surface area contributed by atoms with Crippen molar-refractivity contribution in [3.05, 3.63) is 77.5 Å². The van der Waals surface area contributed by atoms with Crippen molar-refractivity contribution in [1.29, 1.82) is 0 Å². The van der Waals surface area contributed by atoms with Crippen LogP contribution in [0, 0.1) is 0 Å². The first kappa shape index (κ1) is 17.2. The summed E-state index contributed by atoms with van der Waals surface area (Å²) in [5.41, 5.74) is 2.66. The third kappa shape index (κ3) is 3.67. The van der Waals surface area contributed by atoms with Crippen molar-refractivity contribution in [2.75, 3.05) is 5.32 Å². The molecular weight excluding hydrogens is 352 g/mol. The second-order valence-corrected chi connectivity index (χ2v) is 6.35. The zero-order valence-corrected chi connectivity index (χ0v) is 14.3. The number of nitrogens with one attached hydrogen (secondary N) is 1. The van der Waals surface area contributed by atoms with E-state index in [0.29, 0.717) is 12.4 Å². The third-order valence-corrected chi connectivity index (χ3v) is 4.55. The fourth-order valence-corrected chi connectivity index (χ4v) is 3.35. The summed E-state index contributed by atoms with van der Waals surface area (Å²) in [6.07, 6.45) is 1.95. The zero-order chi connectivity index (χ0) is 18.8. The number of halogens is 2. The summed E-state index contributed by atoms with van der Waals surface area (Å²) in [5.74, 6) is 0.314. The van der Waals surface area contributed by atoms with E-state index < -0.39 is 6.61 Å². The Bertz CT molecular complexity index is 957. The second kappa shape index (κ2) is 7.19. The van der Waals surface area contributed by atoms with Crippen LogP contribution in [0.1, 0.15) is 29.0 Å². The summed E-state index contributed by atoms with van der Waals surface area (Å²) in [5, 5.41) is 7.31. The van der Waals surface area contributed by atoms with Crippen LogP contribution in [-0.2, 0) is 11.3 Å². The standard InChI is InChI=1S/C20H17F2N3O2/c21-20(22)27-15-8-4-7-14(9-15)16-10-18(26)24-19-17(16)11-23-25(19)12-13-5-2-1-3-6-13/h1-9,11,16,20H,10,12H2,(H,24,26). The minimum absolute atomic E-state index is 0.0757. The molecule has 138 valence electrons. The predicted molar refractivity (Wildman–Crippen MR) is 95.9 cm³/mol. The number of amides is 1. The van der Waals surface area contributed by atoms with Crippen molar-refractivity contribution in [3.8, 4) is 5.75 Å². The minimum Gasteiger partial charge on any atom is -0.435 e. The predicted octanol–water partition coefficient (Wildman–Crippen LogP) is 4.01. The first-order valence-corrected chi connectivity index (χ1v) is 8.54. The van der Waals surface area contributed by atoms with E-state index >= 15 is 0 Å². The number of aromatic nitrogens is 2. The van der Waals surface area contributed by atoms with Crippen LogP contribution in [0.25, 0.3) is 0 Å². The van der Waals surface area contributed by atoms with Crippen LogP contribution in [0.15, 0.2) is 60.8 Å². The van der Waals surface area contributed by atoms with E-state index in [1.807, 2.05) is 30.3 Å². The van der Waals surface area contributed by atoms with Gasteiger partial charge in [0.2, 0.25) is 5.91 Å². The van der Waals surface area contributed by atoms with Gasteiger partial charge in [0.1, 0.15) is 11.6 Å². The Morgan fingerprint density at radius 3 is 2.78 bits per heavy atom. The van der Waals surface area contributed by atoms with Crippen molar-refractivity contribution in [3.63, 3.8) is 0 Å². The molecule has 0 bridgehead atoms. The lowest BCUT2D eigenvalue weighted by Gasteiger charge is -2.24. The molecule has 3 aromatic rings. The Hall–Kier alpha value is -3.22. The molecule has 2 heterocycles. The molecule has 0 aliphatic carbocycles. The number of fused-ring (bicyclic) bond motifs is 1. The van der Waals surface area contributed by atoms with Crippen molar-refractivity contribution >= 4 is 11.7 Å². The molecule has 1 N–H and O–H groups in total. The molecule has 27 heavy (non-hydrogen) atoms. The molecule has 1 unspecified atom stereocenters. The average Bonchev–Trinajstić information content (AvgIpc) is 3.04. The smallest absolute Gasteiger partial charge is 0.387 e. The van der Waals surface area contributed by atoms with E-state index in [1.165, 1.54) is 6.07 Å². The Labute approximate surface area is 154 Å². The van der Waals surface area contributed by atoms with E-state index in [1.54, 1.807) is 29.1 Å². The van der Waals surface area contributed by atoms with Crippen LogP contribution in [0.2, 0.25) is 0 Å². The van der Waals surface area contributed by atoms with Gasteiger partial charge in [-0.15, -0.1) is 0 Å². The number of benzene rings is 2. The Morgan fingerprint density at radius 2 is 2.00 bits per heavy atom. The van der Waals surface area contributed by atoms with Gasteiger partial charge in [-0.3, -0.25) is 4.79 Å². The van der Waals surface area contributed by atoms with Gasteiger partial charge >= 0.3 is 6.61 Å². The highest BCUT2D eigenvalue weighted by molar-refractivity contribution is 5.94. The van der Waals surface area contributed by atoms with Crippen molar-refractivity contribution < 1.29 is 18.3 Å². The Morgan fingerprint density at radius 1 is 1.19 bits per heavy atom. The molecule has 0 saturated carbocycles. The van der Waals surface area contributed by atoms with Crippen LogP contribution in [0.5, 0.6) is 5.75 Å². The van der Waals surface area contributed by atoms with Gasteiger partial charge in [0, 0.05) is 17.9 Å². The van der Waals surface area contributed by atoms with Gasteiger partial charge in [-0.05, 0) is 23.3 Å². The van der Waals surface area contributed by atoms with Gasteiger partial charge in [-0.25, -0.2) is 4.68 Å². The molecule has 1 amide bonds. The molecule has 7 heteroatoms. The van der Waals surface area contributed by atoms with Crippen molar-refractivity contribution in [1.82, 2.24) is 9.78 Å². The van der Waals surface area contributed by atoms with Gasteiger partial charge in [-0.2, -0.15) is 13.9 Å². The van der Waals surface area contributed by atoms with E-state index in [0.717, 1.165) is 16.7 Å². The summed E-state index contributed by atoms with van der Waals surface area (Å²) in [7, 11) is 0. The fourth-order valence-electron chi connectivity index (χ4n) is 3.35. The number of hydrogen-bond donors (Lipinski definition) is 1. The molecule has 1 atom stereocenters. The first-order valence-electron chi connectivity index (χ1n) is 8.54. The first-order chi connectivity index (χ1) is 13.1. The van der Waals surface area contributed by atoms with Crippen LogP contribution in [0.4, 0.5) is 14.6 Å². The van der Waals surface area contributed by atoms with Crippen LogP contribution >= 0.6 is 0 Å². The number of anilines is 1. The number of rotatable bonds is 5. The number of hydrogen-bond acceptors (Lipinski definition) is 3. The number of ether oxygens (including phenoxy) is 1. The highest BCUT2D eigenvalue weighted by Gasteiger charge is 2.30. The lowest BCUT2D eigenvalue weighted by atomic mass is 9.87. The summed E-state index contributed by atoms with van der Waals surface area (Å²) in [6, 6.07) is 16.3. The molecule has 1 aliphatic rings. The maximum Gasteiger partial charge on any atom is 0.387 e. The number of carbonyl (C=O) groups excluding carboxylic acids is 1. The van der Waals surface area contributed by atoms with Gasteiger partial charge < -0.3 is 10.1 Å². The summed E-state index contributed by atoms with van der Waals surface area (Å²) >= 11 is 0. The van der Waals surface area contributed by atoms with E-state index in [4.69, 9.17) is 0 Å². The number of nitrogens with zero attached hydrogens (tertiary/aromatic N) is 2. The summed E-state index contributed by atoms with van der Waals surface area (Å²) in [6.45, 7) is -2.36. The van der Waals surface area contributed by atoms with Crippen molar-refractivity contribution in [2.24, 2.45) is 0 Å². The maximum atomic E-state index is 12.5. The lowest BCUT2D eigenvalue weighted by Crippen LogP contribution is -2.25. The Balaban J connectivity index is 1.67. The fraction of sp³-hybridized carbons (Fsp3) is 0.200. The second-order valence-electron chi connectivity index (χ2n) is 6.35. The van der Waals surface area contributed by atoms with Crippen LogP contribution in [0.3, 0.4) is 0 Å². The monoisotopic (exact) mass is 369 g/mol. The number of alkyl halides is 2. The lowest BCUT2D eigenvalue weighted by molar-refractivity contribution is -0.116. The SMILES string of the molecule is O=C1CC(c2cccc(OC(F)F)c2)c2cnn(Cc3ccccc3)c2N1. The summed E-state index contributed by atoms with van der Waals surface area (Å²) < 4.78 is 31.2. The molecule has 4 rings (SSSR count). The zero-order valence-electron chi connectivity index (χ0n) is 14.3. The molecule has 1 aromatic heterocycles. The molecule has 1 aliphatic heterocycles. The molecule has 2 aromatic carbocycles. The highest BCUT2D eigenvalue weighted by Crippen LogP contribution is 2.38. The number of carbonyl (C=O) groups is 1. The van der Waals surface area contributed by atoms with Crippen LogP contribution in [-0.4, -0.2) is 22.3 Å².